The van der Waals surface area contributed by atoms with Gasteiger partial charge in [0, 0.05) is 17.9 Å². The first-order chi connectivity index (χ1) is 12.5. The van der Waals surface area contributed by atoms with Crippen LogP contribution in [-0.4, -0.2) is 18.4 Å². The first-order valence-electron chi connectivity index (χ1n) is 9.31. The highest BCUT2D eigenvalue weighted by molar-refractivity contribution is 6.04. The Labute approximate surface area is 154 Å². The van der Waals surface area contributed by atoms with Gasteiger partial charge in [-0.25, -0.2) is 0 Å². The maximum absolute atomic E-state index is 12.9. The molecule has 1 fully saturated rings. The summed E-state index contributed by atoms with van der Waals surface area (Å²) in [6.07, 6.45) is 2.64. The molecule has 2 aliphatic rings. The number of para-hydroxylation sites is 1. The van der Waals surface area contributed by atoms with Gasteiger partial charge in [-0.15, -0.1) is 0 Å². The van der Waals surface area contributed by atoms with E-state index in [9.17, 15) is 9.59 Å². The number of anilines is 2. The molecule has 2 amide bonds. The van der Waals surface area contributed by atoms with Gasteiger partial charge in [0.05, 0.1) is 11.8 Å². The summed E-state index contributed by atoms with van der Waals surface area (Å²) in [6.45, 7) is 4.78. The largest absolute Gasteiger partial charge is 0.326 e. The van der Waals surface area contributed by atoms with Crippen molar-refractivity contribution < 1.29 is 9.59 Å². The van der Waals surface area contributed by atoms with E-state index in [0.29, 0.717) is 6.42 Å². The number of benzene rings is 2. The summed E-state index contributed by atoms with van der Waals surface area (Å²) in [7, 11) is 0. The zero-order valence-electron chi connectivity index (χ0n) is 15.3. The number of rotatable bonds is 3. The summed E-state index contributed by atoms with van der Waals surface area (Å²) in [5.41, 5.74) is 5.30. The second-order valence-electron chi connectivity index (χ2n) is 7.54. The van der Waals surface area contributed by atoms with Crippen molar-refractivity contribution in [2.45, 2.75) is 33.1 Å². The molecule has 1 heterocycles. The van der Waals surface area contributed by atoms with E-state index in [-0.39, 0.29) is 23.7 Å². The van der Waals surface area contributed by atoms with Crippen LogP contribution in [0.3, 0.4) is 0 Å². The van der Waals surface area contributed by atoms with Gasteiger partial charge in [-0.05, 0) is 68.0 Å². The molecule has 1 saturated carbocycles. The first kappa shape index (κ1) is 16.8. The SMILES string of the molecule is Cc1cc(C)cc(NC(=O)C2CC2C(=O)N2CCCc3ccccc32)c1. The van der Waals surface area contributed by atoms with Crippen LogP contribution in [-0.2, 0) is 16.0 Å². The van der Waals surface area contributed by atoms with Gasteiger partial charge in [0.2, 0.25) is 11.8 Å². The lowest BCUT2D eigenvalue weighted by Crippen LogP contribution is -2.37. The third kappa shape index (κ3) is 3.24. The summed E-state index contributed by atoms with van der Waals surface area (Å²) < 4.78 is 0. The van der Waals surface area contributed by atoms with Crippen molar-refractivity contribution >= 4 is 23.2 Å². The normalized spacial score (nSPS) is 21.1. The minimum absolute atomic E-state index is 0.0429. The Balaban J connectivity index is 1.43. The minimum atomic E-state index is -0.211. The zero-order valence-corrected chi connectivity index (χ0v) is 15.3. The Morgan fingerprint density at radius 3 is 2.54 bits per heavy atom. The van der Waals surface area contributed by atoms with Crippen LogP contribution >= 0.6 is 0 Å². The average Bonchev–Trinajstić information content (AvgIpc) is 3.40. The second-order valence-corrected chi connectivity index (χ2v) is 7.54. The smallest absolute Gasteiger partial charge is 0.230 e. The number of nitrogens with zero attached hydrogens (tertiary/aromatic N) is 1. The number of nitrogens with one attached hydrogen (secondary N) is 1. The van der Waals surface area contributed by atoms with Gasteiger partial charge in [0.15, 0.2) is 0 Å². The van der Waals surface area contributed by atoms with Crippen LogP contribution in [0.1, 0.15) is 29.5 Å². The number of fused-ring (bicyclic) bond motifs is 1. The molecule has 134 valence electrons. The maximum Gasteiger partial charge on any atom is 0.230 e. The van der Waals surface area contributed by atoms with Crippen LogP contribution in [0.2, 0.25) is 0 Å². The topological polar surface area (TPSA) is 49.4 Å². The van der Waals surface area contributed by atoms with Gasteiger partial charge in [-0.3, -0.25) is 9.59 Å². The molecular formula is C22H24N2O2. The molecule has 2 atom stereocenters. The Morgan fingerprint density at radius 2 is 1.77 bits per heavy atom. The molecule has 0 saturated heterocycles. The van der Waals surface area contributed by atoms with Crippen molar-refractivity contribution in [3.63, 3.8) is 0 Å². The van der Waals surface area contributed by atoms with Gasteiger partial charge in [-0.1, -0.05) is 24.3 Å². The summed E-state index contributed by atoms with van der Waals surface area (Å²) >= 11 is 0. The quantitative estimate of drug-likeness (QED) is 0.916. The molecule has 1 N–H and O–H groups in total. The summed E-state index contributed by atoms with van der Waals surface area (Å²) in [4.78, 5) is 27.4. The second kappa shape index (κ2) is 6.60. The number of hydrogen-bond acceptors (Lipinski definition) is 2. The Kier molecular flexibility index (Phi) is 4.27. The van der Waals surface area contributed by atoms with Crippen molar-refractivity contribution in [1.82, 2.24) is 0 Å². The molecule has 0 bridgehead atoms. The number of carbonyl (C=O) groups excluding carboxylic acids is 2. The number of amides is 2. The Bertz CT molecular complexity index is 854. The van der Waals surface area contributed by atoms with Crippen molar-refractivity contribution in [3.8, 4) is 0 Å². The molecule has 2 aromatic carbocycles. The van der Waals surface area contributed by atoms with Crippen molar-refractivity contribution in [3.05, 3.63) is 59.2 Å². The third-order valence-corrected chi connectivity index (χ3v) is 5.31. The van der Waals surface area contributed by atoms with E-state index in [4.69, 9.17) is 0 Å². The van der Waals surface area contributed by atoms with Gasteiger partial charge >= 0.3 is 0 Å². The highest BCUT2D eigenvalue weighted by atomic mass is 16.2. The van der Waals surface area contributed by atoms with E-state index in [2.05, 4.69) is 17.4 Å². The van der Waals surface area contributed by atoms with Gasteiger partial charge < -0.3 is 10.2 Å². The summed E-state index contributed by atoms with van der Waals surface area (Å²) in [5.74, 6) is -0.346. The predicted octanol–water partition coefficient (Wildman–Crippen LogP) is 3.86. The highest BCUT2D eigenvalue weighted by Gasteiger charge is 2.50. The first-order valence-corrected chi connectivity index (χ1v) is 9.31. The Hall–Kier alpha value is -2.62. The van der Waals surface area contributed by atoms with E-state index in [1.165, 1.54) is 5.56 Å². The third-order valence-electron chi connectivity index (χ3n) is 5.31. The molecule has 4 rings (SSSR count). The fourth-order valence-corrected chi connectivity index (χ4v) is 4.00. The Morgan fingerprint density at radius 1 is 1.04 bits per heavy atom. The molecule has 1 aliphatic carbocycles. The lowest BCUT2D eigenvalue weighted by atomic mass is 10.0. The van der Waals surface area contributed by atoms with Crippen LogP contribution in [0, 0.1) is 25.7 Å². The molecule has 1 aliphatic heterocycles. The van der Waals surface area contributed by atoms with Crippen molar-refractivity contribution in [2.75, 3.05) is 16.8 Å². The van der Waals surface area contributed by atoms with Crippen molar-refractivity contribution in [2.24, 2.45) is 11.8 Å². The number of hydrogen-bond donors (Lipinski definition) is 1. The minimum Gasteiger partial charge on any atom is -0.326 e. The molecule has 2 unspecified atom stereocenters. The highest BCUT2D eigenvalue weighted by Crippen LogP contribution is 2.42. The molecule has 0 spiro atoms. The van der Waals surface area contributed by atoms with Gasteiger partial charge in [0.1, 0.15) is 0 Å². The summed E-state index contributed by atoms with van der Waals surface area (Å²) in [6, 6.07) is 14.1. The lowest BCUT2D eigenvalue weighted by Gasteiger charge is -2.29. The van der Waals surface area contributed by atoms with E-state index in [1.54, 1.807) is 0 Å². The van der Waals surface area contributed by atoms with E-state index < -0.39 is 0 Å². The van der Waals surface area contributed by atoms with E-state index >= 15 is 0 Å². The molecule has 26 heavy (non-hydrogen) atoms. The molecule has 2 aromatic rings. The van der Waals surface area contributed by atoms with E-state index in [0.717, 1.165) is 41.9 Å². The zero-order chi connectivity index (χ0) is 18.3. The van der Waals surface area contributed by atoms with Crippen LogP contribution in [0.25, 0.3) is 0 Å². The van der Waals surface area contributed by atoms with E-state index in [1.807, 2.05) is 49.1 Å². The molecule has 4 heteroatoms. The van der Waals surface area contributed by atoms with Crippen LogP contribution in [0.4, 0.5) is 11.4 Å². The van der Waals surface area contributed by atoms with Crippen LogP contribution in [0.5, 0.6) is 0 Å². The number of aryl methyl sites for hydroxylation is 3. The fourth-order valence-electron chi connectivity index (χ4n) is 4.00. The fraction of sp³-hybridized carbons (Fsp3) is 0.364. The molecular weight excluding hydrogens is 324 g/mol. The lowest BCUT2D eigenvalue weighted by molar-refractivity contribution is -0.123. The molecule has 0 radical (unpaired) electrons. The molecule has 4 nitrogen and oxygen atoms in total. The monoisotopic (exact) mass is 348 g/mol. The van der Waals surface area contributed by atoms with Gasteiger partial charge in [0.25, 0.3) is 0 Å². The predicted molar refractivity (Wildman–Crippen MR) is 103 cm³/mol. The van der Waals surface area contributed by atoms with Crippen LogP contribution in [0.15, 0.2) is 42.5 Å². The maximum atomic E-state index is 12.9. The summed E-state index contributed by atoms with van der Waals surface area (Å²) in [5, 5.41) is 2.98. The molecule has 0 aromatic heterocycles. The standard InChI is InChI=1S/C22H24N2O2/c1-14-10-15(2)12-17(11-14)23-21(25)18-13-19(18)22(26)24-9-5-7-16-6-3-4-8-20(16)24/h3-4,6,8,10-12,18-19H,5,7,9,13H2,1-2H3,(H,23,25). The van der Waals surface area contributed by atoms with Crippen molar-refractivity contribution in [1.29, 1.82) is 0 Å². The van der Waals surface area contributed by atoms with Crippen LogP contribution < -0.4 is 10.2 Å². The average molecular weight is 348 g/mol. The number of carbonyl (C=O) groups is 2. The van der Waals surface area contributed by atoms with Gasteiger partial charge in [-0.2, -0.15) is 0 Å².